The van der Waals surface area contributed by atoms with Gasteiger partial charge in [-0.2, -0.15) is 13.2 Å². The molecule has 0 aromatic rings. The fourth-order valence-corrected chi connectivity index (χ4v) is 2.80. The van der Waals surface area contributed by atoms with E-state index < -0.39 is 12.7 Å². The number of rotatable bonds is 7. The van der Waals surface area contributed by atoms with Crippen molar-refractivity contribution in [3.05, 3.63) is 0 Å². The summed E-state index contributed by atoms with van der Waals surface area (Å²) in [6, 6.07) is 0.180. The lowest BCUT2D eigenvalue weighted by molar-refractivity contribution is -0.147. The maximum absolute atomic E-state index is 12.4. The van der Waals surface area contributed by atoms with Gasteiger partial charge in [-0.05, 0) is 38.1 Å². The lowest BCUT2D eigenvalue weighted by Gasteiger charge is -2.23. The molecular formula is C13H23F3N2. The Balaban J connectivity index is 1.60. The van der Waals surface area contributed by atoms with Crippen molar-refractivity contribution in [3.63, 3.8) is 0 Å². The van der Waals surface area contributed by atoms with Gasteiger partial charge in [0.05, 0.1) is 6.54 Å². The van der Waals surface area contributed by atoms with E-state index in [-0.39, 0.29) is 6.04 Å². The van der Waals surface area contributed by atoms with Gasteiger partial charge in [0.1, 0.15) is 0 Å². The van der Waals surface area contributed by atoms with Gasteiger partial charge in [0, 0.05) is 19.1 Å². The molecule has 0 atom stereocenters. The van der Waals surface area contributed by atoms with Crippen molar-refractivity contribution >= 4 is 0 Å². The summed E-state index contributed by atoms with van der Waals surface area (Å²) in [6.45, 7) is 1.44. The Kier molecular flexibility index (Phi) is 4.90. The first-order valence-corrected chi connectivity index (χ1v) is 7.06. The predicted octanol–water partition coefficient (Wildman–Crippen LogP) is 2.79. The monoisotopic (exact) mass is 264 g/mol. The van der Waals surface area contributed by atoms with Crippen LogP contribution in [0.2, 0.25) is 0 Å². The van der Waals surface area contributed by atoms with Crippen molar-refractivity contribution in [2.45, 2.75) is 50.7 Å². The van der Waals surface area contributed by atoms with Crippen LogP contribution >= 0.6 is 0 Å². The molecule has 5 heteroatoms. The standard InChI is InChI=1S/C13H23F3N2/c14-13(15,16)10-18(12-5-6-12)8-7-17-9-11-3-1-2-4-11/h11-12,17H,1-10H2. The first-order chi connectivity index (χ1) is 8.54. The van der Waals surface area contributed by atoms with E-state index >= 15 is 0 Å². The first-order valence-electron chi connectivity index (χ1n) is 7.06. The van der Waals surface area contributed by atoms with E-state index in [2.05, 4.69) is 5.32 Å². The zero-order valence-corrected chi connectivity index (χ0v) is 10.8. The lowest BCUT2D eigenvalue weighted by atomic mass is 10.1. The van der Waals surface area contributed by atoms with Crippen LogP contribution in [0.5, 0.6) is 0 Å². The number of hydrogen-bond donors (Lipinski definition) is 1. The molecule has 0 aromatic heterocycles. The van der Waals surface area contributed by atoms with Crippen molar-refractivity contribution in [1.29, 1.82) is 0 Å². The van der Waals surface area contributed by atoms with Gasteiger partial charge in [0.2, 0.25) is 0 Å². The van der Waals surface area contributed by atoms with Gasteiger partial charge in [0.25, 0.3) is 0 Å². The van der Waals surface area contributed by atoms with E-state index in [9.17, 15) is 13.2 Å². The summed E-state index contributed by atoms with van der Waals surface area (Å²) in [4.78, 5) is 1.58. The van der Waals surface area contributed by atoms with Gasteiger partial charge in [-0.15, -0.1) is 0 Å². The lowest BCUT2D eigenvalue weighted by Crippen LogP contribution is -2.40. The van der Waals surface area contributed by atoms with Crippen molar-refractivity contribution in [2.24, 2.45) is 5.92 Å². The van der Waals surface area contributed by atoms with Gasteiger partial charge in [-0.3, -0.25) is 4.90 Å². The van der Waals surface area contributed by atoms with Gasteiger partial charge in [-0.25, -0.2) is 0 Å². The largest absolute Gasteiger partial charge is 0.401 e. The van der Waals surface area contributed by atoms with Crippen LogP contribution in [0.1, 0.15) is 38.5 Å². The molecule has 18 heavy (non-hydrogen) atoms. The molecule has 0 amide bonds. The summed E-state index contributed by atoms with van der Waals surface area (Å²) in [5, 5.41) is 3.32. The Labute approximate surface area is 107 Å². The molecule has 0 bridgehead atoms. The minimum atomic E-state index is -4.06. The highest BCUT2D eigenvalue weighted by Crippen LogP contribution is 2.29. The highest BCUT2D eigenvalue weighted by Gasteiger charge is 2.37. The van der Waals surface area contributed by atoms with E-state index in [1.165, 1.54) is 25.7 Å². The molecule has 2 aliphatic rings. The summed E-state index contributed by atoms with van der Waals surface area (Å²) in [5.74, 6) is 0.752. The smallest absolute Gasteiger partial charge is 0.315 e. The van der Waals surface area contributed by atoms with E-state index in [1.54, 1.807) is 4.90 Å². The number of alkyl halides is 3. The topological polar surface area (TPSA) is 15.3 Å². The third kappa shape index (κ3) is 5.14. The maximum atomic E-state index is 12.4. The van der Waals surface area contributed by atoms with E-state index in [0.717, 1.165) is 25.3 Å². The van der Waals surface area contributed by atoms with Gasteiger partial charge >= 0.3 is 6.18 Å². The van der Waals surface area contributed by atoms with Crippen LogP contribution in [0.4, 0.5) is 13.2 Å². The Hall–Kier alpha value is -0.290. The molecule has 2 nitrogen and oxygen atoms in total. The average Bonchev–Trinajstić information content (AvgIpc) is 2.99. The molecule has 0 radical (unpaired) electrons. The summed E-state index contributed by atoms with van der Waals surface area (Å²) >= 11 is 0. The molecule has 2 aliphatic carbocycles. The molecule has 2 fully saturated rings. The molecule has 0 unspecified atom stereocenters. The third-order valence-corrected chi connectivity index (χ3v) is 3.93. The second-order valence-electron chi connectivity index (χ2n) is 5.67. The molecule has 0 aromatic carbocycles. The number of nitrogens with one attached hydrogen (secondary N) is 1. The number of hydrogen-bond acceptors (Lipinski definition) is 2. The van der Waals surface area contributed by atoms with Crippen LogP contribution in [0.15, 0.2) is 0 Å². The normalized spacial score (nSPS) is 22.0. The third-order valence-electron chi connectivity index (χ3n) is 3.93. The van der Waals surface area contributed by atoms with E-state index in [0.29, 0.717) is 13.1 Å². The molecule has 0 spiro atoms. The van der Waals surface area contributed by atoms with Crippen LogP contribution in [0, 0.1) is 5.92 Å². The van der Waals surface area contributed by atoms with Crippen LogP contribution in [0.3, 0.4) is 0 Å². The van der Waals surface area contributed by atoms with Crippen molar-refractivity contribution in [1.82, 2.24) is 10.2 Å². The van der Waals surface area contributed by atoms with Crippen molar-refractivity contribution < 1.29 is 13.2 Å². The summed E-state index contributed by atoms with van der Waals surface area (Å²) < 4.78 is 37.2. The highest BCUT2D eigenvalue weighted by molar-refractivity contribution is 4.86. The molecule has 0 aliphatic heterocycles. The average molecular weight is 264 g/mol. The molecule has 0 heterocycles. The number of halogens is 3. The number of nitrogens with zero attached hydrogens (tertiary/aromatic N) is 1. The second-order valence-corrected chi connectivity index (χ2v) is 5.67. The molecule has 2 rings (SSSR count). The fourth-order valence-electron chi connectivity index (χ4n) is 2.80. The summed E-state index contributed by atoms with van der Waals surface area (Å²) in [6.07, 6.45) is 2.98. The van der Waals surface area contributed by atoms with Crippen molar-refractivity contribution in [3.8, 4) is 0 Å². The quantitative estimate of drug-likeness (QED) is 0.711. The zero-order chi connectivity index (χ0) is 13.0. The SMILES string of the molecule is FC(F)(F)CN(CCNCC1CCCC1)C1CC1. The summed E-state index contributed by atoms with van der Waals surface area (Å²) in [5.41, 5.74) is 0. The summed E-state index contributed by atoms with van der Waals surface area (Å²) in [7, 11) is 0. The molecular weight excluding hydrogens is 241 g/mol. The zero-order valence-electron chi connectivity index (χ0n) is 10.8. The first kappa shape index (κ1) is 14.1. The predicted molar refractivity (Wildman–Crippen MR) is 65.5 cm³/mol. The highest BCUT2D eigenvalue weighted by atomic mass is 19.4. The minimum Gasteiger partial charge on any atom is -0.315 e. The van der Waals surface area contributed by atoms with Gasteiger partial charge < -0.3 is 5.32 Å². The van der Waals surface area contributed by atoms with Gasteiger partial charge in [-0.1, -0.05) is 12.8 Å². The van der Waals surface area contributed by atoms with E-state index in [1.807, 2.05) is 0 Å². The Bertz CT molecular complexity index is 245. The fraction of sp³-hybridized carbons (Fsp3) is 1.00. The van der Waals surface area contributed by atoms with Gasteiger partial charge in [0.15, 0.2) is 0 Å². The van der Waals surface area contributed by atoms with Crippen LogP contribution in [-0.4, -0.2) is 43.3 Å². The Morgan fingerprint density at radius 3 is 2.28 bits per heavy atom. The van der Waals surface area contributed by atoms with Crippen molar-refractivity contribution in [2.75, 3.05) is 26.2 Å². The van der Waals surface area contributed by atoms with Crippen LogP contribution in [-0.2, 0) is 0 Å². The molecule has 1 N–H and O–H groups in total. The molecule has 0 saturated heterocycles. The van der Waals surface area contributed by atoms with Crippen LogP contribution < -0.4 is 5.32 Å². The van der Waals surface area contributed by atoms with Crippen LogP contribution in [0.25, 0.3) is 0 Å². The second kappa shape index (κ2) is 6.24. The molecule has 106 valence electrons. The minimum absolute atomic E-state index is 0.180. The van der Waals surface area contributed by atoms with E-state index in [4.69, 9.17) is 0 Å². The Morgan fingerprint density at radius 2 is 1.72 bits per heavy atom. The maximum Gasteiger partial charge on any atom is 0.401 e. The molecule has 2 saturated carbocycles. The Morgan fingerprint density at radius 1 is 1.06 bits per heavy atom.